The minimum absolute atomic E-state index is 0.562. The SMILES string of the molecule is Cc1cccc(-c2nnnn2Cc2ccc(Cl)cc2)c1N. The second-order valence-electron chi connectivity index (χ2n) is 4.82. The number of nitrogens with two attached hydrogens (primary N) is 1. The molecule has 1 aromatic heterocycles. The lowest BCUT2D eigenvalue weighted by Gasteiger charge is -2.09. The number of halogens is 1. The number of nitrogen functional groups attached to an aromatic ring is 1. The first kappa shape index (κ1) is 13.6. The number of tetrazole rings is 1. The molecule has 0 saturated carbocycles. The third kappa shape index (κ3) is 2.73. The third-order valence-electron chi connectivity index (χ3n) is 3.34. The van der Waals surface area contributed by atoms with Gasteiger partial charge in [-0.1, -0.05) is 35.9 Å². The molecule has 106 valence electrons. The van der Waals surface area contributed by atoms with Crippen molar-refractivity contribution < 1.29 is 0 Å². The molecular weight excluding hydrogens is 286 g/mol. The Kier molecular flexibility index (Phi) is 3.58. The van der Waals surface area contributed by atoms with E-state index in [-0.39, 0.29) is 0 Å². The summed E-state index contributed by atoms with van der Waals surface area (Å²) >= 11 is 5.90. The number of hydrogen-bond acceptors (Lipinski definition) is 4. The minimum Gasteiger partial charge on any atom is -0.398 e. The summed E-state index contributed by atoms with van der Waals surface area (Å²) in [5.74, 6) is 0.658. The standard InChI is InChI=1S/C15H14ClN5/c1-10-3-2-4-13(14(10)17)15-18-19-20-21(15)9-11-5-7-12(16)8-6-11/h2-8H,9,17H2,1H3. The van der Waals surface area contributed by atoms with Crippen LogP contribution in [0.4, 0.5) is 5.69 Å². The van der Waals surface area contributed by atoms with E-state index < -0.39 is 0 Å². The van der Waals surface area contributed by atoms with Gasteiger partial charge < -0.3 is 5.73 Å². The summed E-state index contributed by atoms with van der Waals surface area (Å²) in [5.41, 5.74) is 9.75. The van der Waals surface area contributed by atoms with Gasteiger partial charge in [0, 0.05) is 16.3 Å². The van der Waals surface area contributed by atoms with Gasteiger partial charge in [-0.3, -0.25) is 0 Å². The Labute approximate surface area is 127 Å². The lowest BCUT2D eigenvalue weighted by Crippen LogP contribution is -2.06. The van der Waals surface area contributed by atoms with E-state index in [0.717, 1.165) is 16.7 Å². The highest BCUT2D eigenvalue weighted by Crippen LogP contribution is 2.26. The Morgan fingerprint density at radius 2 is 1.90 bits per heavy atom. The fourth-order valence-corrected chi connectivity index (χ4v) is 2.27. The zero-order valence-electron chi connectivity index (χ0n) is 11.5. The highest BCUT2D eigenvalue weighted by atomic mass is 35.5. The van der Waals surface area contributed by atoms with Crippen LogP contribution in [0, 0.1) is 6.92 Å². The van der Waals surface area contributed by atoms with Gasteiger partial charge in [0.05, 0.1) is 6.54 Å². The van der Waals surface area contributed by atoms with Crippen LogP contribution in [-0.4, -0.2) is 20.2 Å². The van der Waals surface area contributed by atoms with Gasteiger partial charge in [0.1, 0.15) is 0 Å². The van der Waals surface area contributed by atoms with Crippen molar-refractivity contribution >= 4 is 17.3 Å². The lowest BCUT2D eigenvalue weighted by atomic mass is 10.1. The van der Waals surface area contributed by atoms with Crippen LogP contribution in [0.1, 0.15) is 11.1 Å². The monoisotopic (exact) mass is 299 g/mol. The zero-order valence-corrected chi connectivity index (χ0v) is 12.2. The van der Waals surface area contributed by atoms with Crippen molar-refractivity contribution in [2.24, 2.45) is 0 Å². The number of benzene rings is 2. The van der Waals surface area contributed by atoms with Crippen LogP contribution in [-0.2, 0) is 6.54 Å². The fourth-order valence-electron chi connectivity index (χ4n) is 2.14. The smallest absolute Gasteiger partial charge is 0.184 e. The molecule has 1 heterocycles. The average molecular weight is 300 g/mol. The quantitative estimate of drug-likeness (QED) is 0.755. The second-order valence-corrected chi connectivity index (χ2v) is 5.26. The van der Waals surface area contributed by atoms with E-state index >= 15 is 0 Å². The number of nitrogens with zero attached hydrogens (tertiary/aromatic N) is 4. The minimum atomic E-state index is 0.562. The van der Waals surface area contributed by atoms with Crippen molar-refractivity contribution in [1.29, 1.82) is 0 Å². The Morgan fingerprint density at radius 3 is 2.67 bits per heavy atom. The molecule has 2 N–H and O–H groups in total. The molecule has 6 heteroatoms. The second kappa shape index (κ2) is 5.54. The Bertz CT molecular complexity index is 764. The average Bonchev–Trinajstić information content (AvgIpc) is 2.92. The predicted molar refractivity (Wildman–Crippen MR) is 83.0 cm³/mol. The van der Waals surface area contributed by atoms with E-state index in [1.807, 2.05) is 49.4 Å². The van der Waals surface area contributed by atoms with Gasteiger partial charge in [0.25, 0.3) is 0 Å². The molecule has 21 heavy (non-hydrogen) atoms. The molecule has 0 amide bonds. The van der Waals surface area contributed by atoms with E-state index in [1.165, 1.54) is 0 Å². The molecule has 0 aliphatic heterocycles. The Hall–Kier alpha value is -2.40. The molecule has 0 saturated heterocycles. The molecule has 0 spiro atoms. The van der Waals surface area contributed by atoms with Crippen molar-refractivity contribution in [2.45, 2.75) is 13.5 Å². The van der Waals surface area contributed by atoms with Crippen LogP contribution in [0.3, 0.4) is 0 Å². The maximum Gasteiger partial charge on any atom is 0.184 e. The molecule has 3 rings (SSSR count). The third-order valence-corrected chi connectivity index (χ3v) is 3.59. The molecular formula is C15H14ClN5. The molecule has 0 radical (unpaired) electrons. The summed E-state index contributed by atoms with van der Waals surface area (Å²) in [7, 11) is 0. The first-order valence-corrected chi connectivity index (χ1v) is 6.89. The summed E-state index contributed by atoms with van der Waals surface area (Å²) < 4.78 is 1.73. The molecule has 2 aromatic carbocycles. The maximum absolute atomic E-state index is 6.13. The van der Waals surface area contributed by atoms with Gasteiger partial charge in [0.15, 0.2) is 5.82 Å². The van der Waals surface area contributed by atoms with Crippen molar-refractivity contribution in [3.63, 3.8) is 0 Å². The van der Waals surface area contributed by atoms with Crippen molar-refractivity contribution in [3.8, 4) is 11.4 Å². The van der Waals surface area contributed by atoms with Crippen LogP contribution in [0.5, 0.6) is 0 Å². The molecule has 0 aliphatic carbocycles. The van der Waals surface area contributed by atoms with Crippen LogP contribution >= 0.6 is 11.6 Å². The van der Waals surface area contributed by atoms with Gasteiger partial charge >= 0.3 is 0 Å². The number of hydrogen-bond donors (Lipinski definition) is 1. The first-order chi connectivity index (χ1) is 10.1. The molecule has 0 bridgehead atoms. The van der Waals surface area contributed by atoms with E-state index in [2.05, 4.69) is 15.5 Å². The molecule has 0 atom stereocenters. The van der Waals surface area contributed by atoms with Gasteiger partial charge in [-0.15, -0.1) is 5.10 Å². The Balaban J connectivity index is 1.97. The highest BCUT2D eigenvalue weighted by molar-refractivity contribution is 6.30. The van der Waals surface area contributed by atoms with E-state index in [4.69, 9.17) is 17.3 Å². The van der Waals surface area contributed by atoms with E-state index in [9.17, 15) is 0 Å². The summed E-state index contributed by atoms with van der Waals surface area (Å²) in [4.78, 5) is 0. The van der Waals surface area contributed by atoms with E-state index in [0.29, 0.717) is 23.1 Å². The number of anilines is 1. The summed E-state index contributed by atoms with van der Waals surface area (Å²) in [6.45, 7) is 2.53. The highest BCUT2D eigenvalue weighted by Gasteiger charge is 2.13. The van der Waals surface area contributed by atoms with Gasteiger partial charge in [-0.05, 0) is 46.7 Å². The summed E-state index contributed by atoms with van der Waals surface area (Å²) in [5, 5.41) is 12.6. The summed E-state index contributed by atoms with van der Waals surface area (Å²) in [6, 6.07) is 13.4. The number of para-hydroxylation sites is 1. The molecule has 5 nitrogen and oxygen atoms in total. The molecule has 0 aliphatic rings. The van der Waals surface area contributed by atoms with Crippen LogP contribution < -0.4 is 5.73 Å². The van der Waals surface area contributed by atoms with Gasteiger partial charge in [-0.2, -0.15) is 0 Å². The van der Waals surface area contributed by atoms with Crippen molar-refractivity contribution in [2.75, 3.05) is 5.73 Å². The van der Waals surface area contributed by atoms with Gasteiger partial charge in [0.2, 0.25) is 0 Å². The van der Waals surface area contributed by atoms with Crippen molar-refractivity contribution in [3.05, 3.63) is 58.6 Å². The van der Waals surface area contributed by atoms with Crippen LogP contribution in [0.15, 0.2) is 42.5 Å². The summed E-state index contributed by atoms with van der Waals surface area (Å²) in [6.07, 6.45) is 0. The number of rotatable bonds is 3. The van der Waals surface area contributed by atoms with Crippen molar-refractivity contribution in [1.82, 2.24) is 20.2 Å². The van der Waals surface area contributed by atoms with E-state index in [1.54, 1.807) is 4.68 Å². The van der Waals surface area contributed by atoms with Crippen LogP contribution in [0.2, 0.25) is 5.02 Å². The fraction of sp³-hybridized carbons (Fsp3) is 0.133. The van der Waals surface area contributed by atoms with Gasteiger partial charge in [-0.25, -0.2) is 4.68 Å². The van der Waals surface area contributed by atoms with Crippen LogP contribution in [0.25, 0.3) is 11.4 Å². The maximum atomic E-state index is 6.13. The number of aryl methyl sites for hydroxylation is 1. The largest absolute Gasteiger partial charge is 0.398 e. The molecule has 3 aromatic rings. The first-order valence-electron chi connectivity index (χ1n) is 6.51. The lowest BCUT2D eigenvalue weighted by molar-refractivity contribution is 0.653. The topological polar surface area (TPSA) is 69.6 Å². The number of aromatic nitrogens is 4. The zero-order chi connectivity index (χ0) is 14.8. The normalized spacial score (nSPS) is 10.8. The Morgan fingerprint density at radius 1 is 1.14 bits per heavy atom. The molecule has 0 unspecified atom stereocenters. The predicted octanol–water partition coefficient (Wildman–Crippen LogP) is 2.93. The molecule has 0 fully saturated rings.